The standard InChI is InChI=1S/C22H20Cl2N4O5/c23-17-4-1-3-13(18(17)24)11-28-19(29)16(20(30)31)12-27(22(28)33)15-7-5-14(6-8-15)26-10-2-9-25-21(26)32/h1,3-8,16H,2,9-12H2,(H,25,32)(H,30,31). The van der Waals surface area contributed by atoms with Gasteiger partial charge in [-0.3, -0.25) is 24.3 Å². The van der Waals surface area contributed by atoms with E-state index in [1.165, 1.54) is 4.90 Å². The lowest BCUT2D eigenvalue weighted by atomic mass is 10.0. The SMILES string of the molecule is O=C(O)C1CN(c2ccc(N3CCCNC3=O)cc2)C(=O)N(Cc2cccc(Cl)c2Cl)C1=O. The number of imide groups is 1. The minimum Gasteiger partial charge on any atom is -0.481 e. The summed E-state index contributed by atoms with van der Waals surface area (Å²) in [5, 5.41) is 12.8. The molecule has 2 heterocycles. The van der Waals surface area contributed by atoms with Crippen LogP contribution in [0.4, 0.5) is 21.0 Å². The molecule has 11 heteroatoms. The number of hydrogen-bond donors (Lipinski definition) is 2. The van der Waals surface area contributed by atoms with Crippen molar-refractivity contribution in [1.29, 1.82) is 0 Å². The van der Waals surface area contributed by atoms with Crippen LogP contribution in [0, 0.1) is 5.92 Å². The monoisotopic (exact) mass is 490 g/mol. The number of urea groups is 2. The normalized spacial score (nSPS) is 19.0. The first-order valence-corrected chi connectivity index (χ1v) is 11.0. The average molecular weight is 491 g/mol. The van der Waals surface area contributed by atoms with Gasteiger partial charge in [0, 0.05) is 31.0 Å². The fourth-order valence-corrected chi connectivity index (χ4v) is 4.22. The first-order chi connectivity index (χ1) is 15.8. The molecule has 2 N–H and O–H groups in total. The third-order valence-corrected chi connectivity index (χ3v) is 6.46. The second-order valence-electron chi connectivity index (χ2n) is 7.67. The lowest BCUT2D eigenvalue weighted by Gasteiger charge is -2.37. The third kappa shape index (κ3) is 4.46. The number of carbonyl (C=O) groups excluding carboxylic acids is 3. The lowest BCUT2D eigenvalue weighted by Crippen LogP contribution is -2.58. The van der Waals surface area contributed by atoms with Crippen molar-refractivity contribution in [2.45, 2.75) is 13.0 Å². The van der Waals surface area contributed by atoms with E-state index in [1.54, 1.807) is 47.4 Å². The Kier molecular flexibility index (Phi) is 6.44. The number of amides is 5. The molecular weight excluding hydrogens is 471 g/mol. The molecule has 33 heavy (non-hydrogen) atoms. The van der Waals surface area contributed by atoms with E-state index >= 15 is 0 Å². The number of halogens is 2. The number of rotatable bonds is 5. The highest BCUT2D eigenvalue weighted by Crippen LogP contribution is 2.31. The molecule has 0 saturated carbocycles. The number of carboxylic acid groups (broad SMARTS) is 1. The number of benzene rings is 2. The van der Waals surface area contributed by atoms with Gasteiger partial charge in [0.25, 0.3) is 0 Å². The van der Waals surface area contributed by atoms with E-state index in [9.17, 15) is 24.3 Å². The first kappa shape index (κ1) is 22.9. The minimum absolute atomic E-state index is 0.188. The van der Waals surface area contributed by atoms with E-state index < -0.39 is 23.8 Å². The summed E-state index contributed by atoms with van der Waals surface area (Å²) in [7, 11) is 0. The molecule has 2 fully saturated rings. The van der Waals surface area contributed by atoms with Gasteiger partial charge in [0.15, 0.2) is 5.92 Å². The van der Waals surface area contributed by atoms with Crippen molar-refractivity contribution in [3.05, 3.63) is 58.1 Å². The molecule has 1 atom stereocenters. The largest absolute Gasteiger partial charge is 0.481 e. The van der Waals surface area contributed by atoms with Gasteiger partial charge in [0.2, 0.25) is 5.91 Å². The van der Waals surface area contributed by atoms with E-state index in [0.29, 0.717) is 30.0 Å². The number of nitrogens with one attached hydrogen (secondary N) is 1. The summed E-state index contributed by atoms with van der Waals surface area (Å²) < 4.78 is 0. The number of anilines is 2. The highest BCUT2D eigenvalue weighted by Gasteiger charge is 2.43. The van der Waals surface area contributed by atoms with Crippen molar-refractivity contribution in [3.8, 4) is 0 Å². The van der Waals surface area contributed by atoms with Crippen LogP contribution in [0.2, 0.25) is 10.0 Å². The summed E-state index contributed by atoms with van der Waals surface area (Å²) in [6.45, 7) is 0.657. The van der Waals surface area contributed by atoms with Gasteiger partial charge in [0.05, 0.1) is 16.6 Å². The van der Waals surface area contributed by atoms with Gasteiger partial charge in [-0.25, -0.2) is 9.59 Å². The molecule has 5 amide bonds. The summed E-state index contributed by atoms with van der Waals surface area (Å²) in [5.41, 5.74) is 1.47. The number of aliphatic carboxylic acids is 1. The van der Waals surface area contributed by atoms with Crippen LogP contribution in [0.5, 0.6) is 0 Å². The van der Waals surface area contributed by atoms with Gasteiger partial charge in [0.1, 0.15) is 0 Å². The Labute approximate surface area is 199 Å². The fraction of sp³-hybridized carbons (Fsp3) is 0.273. The molecular formula is C22H20Cl2N4O5. The molecule has 1 unspecified atom stereocenters. The number of hydrogen-bond acceptors (Lipinski definition) is 4. The van der Waals surface area contributed by atoms with Crippen LogP contribution < -0.4 is 15.1 Å². The summed E-state index contributed by atoms with van der Waals surface area (Å²) in [5.74, 6) is -3.59. The van der Waals surface area contributed by atoms with E-state index in [-0.39, 0.29) is 29.2 Å². The Morgan fingerprint density at radius 1 is 1.03 bits per heavy atom. The molecule has 2 aromatic carbocycles. The Morgan fingerprint density at radius 3 is 2.33 bits per heavy atom. The molecule has 2 aliphatic heterocycles. The predicted octanol–water partition coefficient (Wildman–Crippen LogP) is 3.58. The second kappa shape index (κ2) is 9.29. The van der Waals surface area contributed by atoms with Crippen LogP contribution in [0.3, 0.4) is 0 Å². The van der Waals surface area contributed by atoms with Crippen LogP contribution in [0.25, 0.3) is 0 Å². The van der Waals surface area contributed by atoms with Crippen LogP contribution >= 0.6 is 23.2 Å². The Bertz CT molecular complexity index is 1120. The second-order valence-corrected chi connectivity index (χ2v) is 8.46. The molecule has 2 aliphatic rings. The van der Waals surface area contributed by atoms with Crippen LogP contribution in [0.1, 0.15) is 12.0 Å². The van der Waals surface area contributed by atoms with Crippen LogP contribution in [-0.2, 0) is 16.1 Å². The van der Waals surface area contributed by atoms with Gasteiger partial charge >= 0.3 is 18.0 Å². The first-order valence-electron chi connectivity index (χ1n) is 10.2. The van der Waals surface area contributed by atoms with Gasteiger partial charge in [-0.05, 0) is 42.3 Å². The maximum absolute atomic E-state index is 13.2. The van der Waals surface area contributed by atoms with Crippen molar-refractivity contribution in [1.82, 2.24) is 10.2 Å². The van der Waals surface area contributed by atoms with E-state index in [4.69, 9.17) is 23.2 Å². The van der Waals surface area contributed by atoms with Gasteiger partial charge in [-0.2, -0.15) is 0 Å². The number of carbonyl (C=O) groups is 4. The molecule has 0 aliphatic carbocycles. The van der Waals surface area contributed by atoms with Crippen molar-refractivity contribution in [2.24, 2.45) is 5.92 Å². The average Bonchev–Trinajstić information content (AvgIpc) is 2.80. The Balaban J connectivity index is 1.62. The molecule has 172 valence electrons. The number of carboxylic acids is 1. The lowest BCUT2D eigenvalue weighted by molar-refractivity contribution is -0.150. The molecule has 2 saturated heterocycles. The summed E-state index contributed by atoms with van der Waals surface area (Å²) >= 11 is 12.3. The molecule has 4 rings (SSSR count). The zero-order valence-electron chi connectivity index (χ0n) is 17.3. The van der Waals surface area contributed by atoms with Crippen molar-refractivity contribution < 1.29 is 24.3 Å². The van der Waals surface area contributed by atoms with E-state index in [0.717, 1.165) is 11.3 Å². The Morgan fingerprint density at radius 2 is 1.70 bits per heavy atom. The summed E-state index contributed by atoms with van der Waals surface area (Å²) in [6, 6.07) is 10.5. The van der Waals surface area contributed by atoms with Crippen molar-refractivity contribution in [3.63, 3.8) is 0 Å². The zero-order valence-corrected chi connectivity index (χ0v) is 18.8. The summed E-state index contributed by atoms with van der Waals surface area (Å²) in [6.07, 6.45) is 0.807. The number of nitrogens with zero attached hydrogens (tertiary/aromatic N) is 3. The van der Waals surface area contributed by atoms with Crippen LogP contribution in [-0.4, -0.2) is 53.6 Å². The summed E-state index contributed by atoms with van der Waals surface area (Å²) in [4.78, 5) is 53.6. The minimum atomic E-state index is -1.44. The maximum atomic E-state index is 13.2. The van der Waals surface area contributed by atoms with Crippen LogP contribution in [0.15, 0.2) is 42.5 Å². The van der Waals surface area contributed by atoms with Gasteiger partial charge in [-0.15, -0.1) is 0 Å². The van der Waals surface area contributed by atoms with Gasteiger partial charge < -0.3 is 10.4 Å². The molecule has 0 bridgehead atoms. The molecule has 0 radical (unpaired) electrons. The van der Waals surface area contributed by atoms with Gasteiger partial charge in [-0.1, -0.05) is 35.3 Å². The van der Waals surface area contributed by atoms with E-state index in [2.05, 4.69) is 5.32 Å². The van der Waals surface area contributed by atoms with E-state index in [1.807, 2.05) is 0 Å². The third-order valence-electron chi connectivity index (χ3n) is 5.60. The Hall–Kier alpha value is -3.30. The quantitative estimate of drug-likeness (QED) is 0.622. The highest BCUT2D eigenvalue weighted by molar-refractivity contribution is 6.42. The van der Waals surface area contributed by atoms with Crippen molar-refractivity contribution >= 4 is 58.5 Å². The molecule has 0 spiro atoms. The fourth-order valence-electron chi connectivity index (χ4n) is 3.84. The highest BCUT2D eigenvalue weighted by atomic mass is 35.5. The molecule has 9 nitrogen and oxygen atoms in total. The smallest absolute Gasteiger partial charge is 0.331 e. The topological polar surface area (TPSA) is 110 Å². The zero-order chi connectivity index (χ0) is 23.7. The maximum Gasteiger partial charge on any atom is 0.331 e. The molecule has 2 aromatic rings. The van der Waals surface area contributed by atoms with Crippen molar-refractivity contribution in [2.75, 3.05) is 29.4 Å². The predicted molar refractivity (Wildman–Crippen MR) is 123 cm³/mol. The molecule has 0 aromatic heterocycles.